The number of nitrogens with two attached hydrogens (primary N) is 1. The fourth-order valence-electron chi connectivity index (χ4n) is 2.69. The van der Waals surface area contributed by atoms with E-state index in [1.54, 1.807) is 7.11 Å². The zero-order valence-corrected chi connectivity index (χ0v) is 12.3. The van der Waals surface area contributed by atoms with Gasteiger partial charge in [-0.05, 0) is 43.5 Å². The van der Waals surface area contributed by atoms with Crippen LogP contribution in [0.1, 0.15) is 12.8 Å². The Morgan fingerprint density at radius 1 is 1.57 bits per heavy atom. The van der Waals surface area contributed by atoms with E-state index in [0.717, 1.165) is 32.5 Å². The molecular weight excluding hydrogens is 273 g/mol. The van der Waals surface area contributed by atoms with E-state index in [0.29, 0.717) is 18.2 Å². The standard InChI is InChI=1S/C15H22FN3O2/c1-21-10-11-3-2-6-19(8-11)9-15(20)18-12-4-5-13(16)14(17)7-12/h4-5,7,11H,2-3,6,8-10,17H2,1H3,(H,18,20). The van der Waals surface area contributed by atoms with E-state index < -0.39 is 5.82 Å². The molecule has 0 radical (unpaired) electrons. The number of piperidine rings is 1. The molecule has 2 rings (SSSR count). The predicted molar refractivity (Wildman–Crippen MR) is 80.5 cm³/mol. The summed E-state index contributed by atoms with van der Waals surface area (Å²) in [7, 11) is 1.70. The molecule has 21 heavy (non-hydrogen) atoms. The molecule has 6 heteroatoms. The summed E-state index contributed by atoms with van der Waals surface area (Å²) in [6.45, 7) is 2.84. The van der Waals surface area contributed by atoms with Gasteiger partial charge in [0.25, 0.3) is 0 Å². The van der Waals surface area contributed by atoms with E-state index in [1.807, 2.05) is 0 Å². The quantitative estimate of drug-likeness (QED) is 0.811. The number of nitrogen functional groups attached to an aromatic ring is 1. The molecule has 0 spiro atoms. The van der Waals surface area contributed by atoms with Gasteiger partial charge in [-0.3, -0.25) is 9.69 Å². The van der Waals surface area contributed by atoms with Gasteiger partial charge in [-0.1, -0.05) is 0 Å². The Bertz CT molecular complexity index is 494. The fraction of sp³-hybridized carbons (Fsp3) is 0.533. The van der Waals surface area contributed by atoms with Gasteiger partial charge < -0.3 is 15.8 Å². The predicted octanol–water partition coefficient (Wildman–Crippen LogP) is 1.70. The summed E-state index contributed by atoms with van der Waals surface area (Å²) < 4.78 is 18.2. The molecular formula is C15H22FN3O2. The number of anilines is 2. The molecule has 0 bridgehead atoms. The number of nitrogens with one attached hydrogen (secondary N) is 1. The minimum Gasteiger partial charge on any atom is -0.396 e. The van der Waals surface area contributed by atoms with Crippen LogP contribution in [-0.2, 0) is 9.53 Å². The minimum atomic E-state index is -0.480. The first-order valence-electron chi connectivity index (χ1n) is 7.14. The number of methoxy groups -OCH3 is 1. The van der Waals surface area contributed by atoms with Crippen LogP contribution in [0.5, 0.6) is 0 Å². The molecule has 1 amide bonds. The Morgan fingerprint density at radius 2 is 2.38 bits per heavy atom. The van der Waals surface area contributed by atoms with E-state index in [-0.39, 0.29) is 11.6 Å². The van der Waals surface area contributed by atoms with Gasteiger partial charge >= 0.3 is 0 Å². The number of benzene rings is 1. The van der Waals surface area contributed by atoms with Crippen LogP contribution in [0.15, 0.2) is 18.2 Å². The maximum Gasteiger partial charge on any atom is 0.238 e. The van der Waals surface area contributed by atoms with Crippen LogP contribution in [-0.4, -0.2) is 44.2 Å². The third kappa shape index (κ3) is 4.68. The summed E-state index contributed by atoms with van der Waals surface area (Å²) in [5.41, 5.74) is 6.03. The molecule has 1 aromatic rings. The minimum absolute atomic E-state index is 0.0333. The summed E-state index contributed by atoms with van der Waals surface area (Å²) in [4.78, 5) is 14.1. The van der Waals surface area contributed by atoms with Crippen LogP contribution in [0.4, 0.5) is 15.8 Å². The molecule has 3 N–H and O–H groups in total. The second-order valence-corrected chi connectivity index (χ2v) is 5.48. The van der Waals surface area contributed by atoms with Crippen molar-refractivity contribution in [2.24, 2.45) is 5.92 Å². The smallest absolute Gasteiger partial charge is 0.238 e. The fourth-order valence-corrected chi connectivity index (χ4v) is 2.69. The SMILES string of the molecule is COCC1CCCN(CC(=O)Nc2ccc(F)c(N)c2)C1. The zero-order valence-electron chi connectivity index (χ0n) is 12.3. The summed E-state index contributed by atoms with van der Waals surface area (Å²) in [6, 6.07) is 4.19. The number of hydrogen-bond acceptors (Lipinski definition) is 4. The van der Waals surface area contributed by atoms with E-state index in [9.17, 15) is 9.18 Å². The lowest BCUT2D eigenvalue weighted by Crippen LogP contribution is -2.41. The van der Waals surface area contributed by atoms with Crippen molar-refractivity contribution in [3.63, 3.8) is 0 Å². The van der Waals surface area contributed by atoms with Crippen LogP contribution in [0.2, 0.25) is 0 Å². The number of hydrogen-bond donors (Lipinski definition) is 2. The lowest BCUT2D eigenvalue weighted by atomic mass is 9.99. The molecule has 5 nitrogen and oxygen atoms in total. The van der Waals surface area contributed by atoms with Crippen molar-refractivity contribution in [1.29, 1.82) is 0 Å². The molecule has 0 aromatic heterocycles. The van der Waals surface area contributed by atoms with Crippen molar-refractivity contribution in [3.8, 4) is 0 Å². The molecule has 1 aromatic carbocycles. The summed E-state index contributed by atoms with van der Waals surface area (Å²) in [5.74, 6) is -0.108. The monoisotopic (exact) mass is 295 g/mol. The van der Waals surface area contributed by atoms with Gasteiger partial charge in [-0.25, -0.2) is 4.39 Å². The summed E-state index contributed by atoms with van der Waals surface area (Å²) >= 11 is 0. The number of ether oxygens (including phenoxy) is 1. The van der Waals surface area contributed by atoms with Gasteiger partial charge in [-0.15, -0.1) is 0 Å². The second-order valence-electron chi connectivity index (χ2n) is 5.48. The number of halogens is 1. The summed E-state index contributed by atoms with van der Waals surface area (Å²) in [5, 5.41) is 2.75. The lowest BCUT2D eigenvalue weighted by Gasteiger charge is -2.31. The highest BCUT2D eigenvalue weighted by molar-refractivity contribution is 5.92. The maximum absolute atomic E-state index is 13.1. The Balaban J connectivity index is 1.84. The molecule has 1 atom stereocenters. The molecule has 1 unspecified atom stereocenters. The normalized spacial score (nSPS) is 19.4. The topological polar surface area (TPSA) is 67.6 Å². The first-order chi connectivity index (χ1) is 10.1. The first-order valence-corrected chi connectivity index (χ1v) is 7.14. The van der Waals surface area contributed by atoms with Gasteiger partial charge in [-0.2, -0.15) is 0 Å². The van der Waals surface area contributed by atoms with Crippen LogP contribution < -0.4 is 11.1 Å². The third-order valence-electron chi connectivity index (χ3n) is 3.65. The van der Waals surface area contributed by atoms with Crippen LogP contribution in [0, 0.1) is 11.7 Å². The van der Waals surface area contributed by atoms with Crippen LogP contribution in [0.3, 0.4) is 0 Å². The molecule has 1 saturated heterocycles. The van der Waals surface area contributed by atoms with Crippen molar-refractivity contribution in [3.05, 3.63) is 24.0 Å². The number of carbonyl (C=O) groups is 1. The molecule has 0 aliphatic carbocycles. The van der Waals surface area contributed by atoms with Gasteiger partial charge in [0.2, 0.25) is 5.91 Å². The third-order valence-corrected chi connectivity index (χ3v) is 3.65. The van der Waals surface area contributed by atoms with Gasteiger partial charge in [0.15, 0.2) is 0 Å². The highest BCUT2D eigenvalue weighted by atomic mass is 19.1. The number of carbonyl (C=O) groups excluding carboxylic acids is 1. The number of amides is 1. The molecule has 1 aliphatic heterocycles. The van der Waals surface area contributed by atoms with Gasteiger partial charge in [0, 0.05) is 19.3 Å². The highest BCUT2D eigenvalue weighted by Crippen LogP contribution is 2.18. The van der Waals surface area contributed by atoms with Crippen molar-refractivity contribution >= 4 is 17.3 Å². The Hall–Kier alpha value is -1.66. The molecule has 1 fully saturated rings. The molecule has 1 aliphatic rings. The average molecular weight is 295 g/mol. The van der Waals surface area contributed by atoms with Gasteiger partial charge in [0.05, 0.1) is 18.8 Å². The van der Waals surface area contributed by atoms with E-state index in [2.05, 4.69) is 10.2 Å². The lowest BCUT2D eigenvalue weighted by molar-refractivity contribution is -0.117. The van der Waals surface area contributed by atoms with Gasteiger partial charge in [0.1, 0.15) is 5.82 Å². The number of rotatable bonds is 5. The Kier molecular flexibility index (Phi) is 5.52. The Morgan fingerprint density at radius 3 is 3.10 bits per heavy atom. The zero-order chi connectivity index (χ0) is 15.2. The first kappa shape index (κ1) is 15.7. The van der Waals surface area contributed by atoms with Crippen LogP contribution >= 0.6 is 0 Å². The second kappa shape index (κ2) is 7.38. The number of likely N-dealkylation sites (tertiary alicyclic amines) is 1. The van der Waals surface area contributed by atoms with Crippen molar-refractivity contribution in [2.45, 2.75) is 12.8 Å². The van der Waals surface area contributed by atoms with E-state index in [1.165, 1.54) is 18.2 Å². The number of nitrogens with zero attached hydrogens (tertiary/aromatic N) is 1. The largest absolute Gasteiger partial charge is 0.396 e. The highest BCUT2D eigenvalue weighted by Gasteiger charge is 2.21. The maximum atomic E-state index is 13.1. The van der Waals surface area contributed by atoms with Crippen molar-refractivity contribution in [1.82, 2.24) is 4.90 Å². The average Bonchev–Trinajstić information content (AvgIpc) is 2.43. The van der Waals surface area contributed by atoms with E-state index >= 15 is 0 Å². The molecule has 116 valence electrons. The summed E-state index contributed by atoms with van der Waals surface area (Å²) in [6.07, 6.45) is 2.21. The molecule has 0 saturated carbocycles. The Labute approximate surface area is 124 Å². The van der Waals surface area contributed by atoms with Crippen LogP contribution in [0.25, 0.3) is 0 Å². The van der Waals surface area contributed by atoms with Crippen molar-refractivity contribution < 1.29 is 13.9 Å². The van der Waals surface area contributed by atoms with Crippen molar-refractivity contribution in [2.75, 3.05) is 44.4 Å². The van der Waals surface area contributed by atoms with E-state index in [4.69, 9.17) is 10.5 Å². The molecule has 1 heterocycles.